The maximum atomic E-state index is 8.68. The van der Waals surface area contributed by atoms with Crippen LogP contribution in [0.4, 0.5) is 5.69 Å². The van der Waals surface area contributed by atoms with Gasteiger partial charge in [-0.1, -0.05) is 30.6 Å². The van der Waals surface area contributed by atoms with Crippen LogP contribution in [0.2, 0.25) is 5.02 Å². The number of rotatable bonds is 5. The lowest BCUT2D eigenvalue weighted by Crippen LogP contribution is -2.30. The lowest BCUT2D eigenvalue weighted by molar-refractivity contribution is 0.318. The highest BCUT2D eigenvalue weighted by Crippen LogP contribution is 2.36. The fourth-order valence-corrected chi connectivity index (χ4v) is 2.47. The molecule has 0 radical (unpaired) electrons. The average molecular weight is 282 g/mol. The molecule has 0 aliphatic heterocycles. The van der Waals surface area contributed by atoms with Crippen LogP contribution in [0.5, 0.6) is 0 Å². The number of hydrogen-bond donors (Lipinski definition) is 2. The molecular weight excluding hydrogens is 262 g/mol. The van der Waals surface area contributed by atoms with E-state index in [4.69, 9.17) is 22.5 Å². The van der Waals surface area contributed by atoms with Gasteiger partial charge in [0.05, 0.1) is 10.7 Å². The first-order chi connectivity index (χ1) is 9.02. The summed E-state index contributed by atoms with van der Waals surface area (Å²) >= 11 is 6.35. The van der Waals surface area contributed by atoms with Crippen LogP contribution in [0.3, 0.4) is 0 Å². The summed E-state index contributed by atoms with van der Waals surface area (Å²) in [7, 11) is 0. The van der Waals surface area contributed by atoms with Crippen molar-refractivity contribution in [2.75, 3.05) is 11.4 Å². The Kier molecular flexibility index (Phi) is 4.20. The molecule has 1 aliphatic carbocycles. The second-order valence-electron chi connectivity index (χ2n) is 5.43. The molecule has 0 atom stereocenters. The van der Waals surface area contributed by atoms with E-state index >= 15 is 0 Å². The molecule has 19 heavy (non-hydrogen) atoms. The van der Waals surface area contributed by atoms with Crippen LogP contribution in [0.15, 0.2) is 23.4 Å². The number of oxime groups is 1. The third-order valence-corrected chi connectivity index (χ3v) is 3.51. The molecule has 3 N–H and O–H groups in total. The van der Waals surface area contributed by atoms with Gasteiger partial charge in [-0.2, -0.15) is 0 Å². The van der Waals surface area contributed by atoms with E-state index in [1.807, 2.05) is 12.1 Å². The summed E-state index contributed by atoms with van der Waals surface area (Å²) in [6, 6.07) is 6.15. The third-order valence-electron chi connectivity index (χ3n) is 3.21. The molecule has 2 rings (SSSR count). The lowest BCUT2D eigenvalue weighted by Gasteiger charge is -2.27. The molecule has 0 saturated heterocycles. The number of hydrogen-bond acceptors (Lipinski definition) is 3. The molecule has 104 valence electrons. The Morgan fingerprint density at radius 1 is 1.53 bits per heavy atom. The Balaban J connectivity index is 2.28. The van der Waals surface area contributed by atoms with Gasteiger partial charge in [-0.05, 0) is 37.0 Å². The van der Waals surface area contributed by atoms with Crippen LogP contribution in [-0.4, -0.2) is 23.6 Å². The van der Waals surface area contributed by atoms with Gasteiger partial charge >= 0.3 is 0 Å². The zero-order valence-electron chi connectivity index (χ0n) is 11.3. The normalized spacial score (nSPS) is 15.9. The molecule has 4 nitrogen and oxygen atoms in total. The molecule has 0 amide bonds. The first kappa shape index (κ1) is 14.0. The molecular formula is C14H20ClN3O. The predicted molar refractivity (Wildman–Crippen MR) is 79.2 cm³/mol. The van der Waals surface area contributed by atoms with Crippen LogP contribution in [-0.2, 0) is 0 Å². The Morgan fingerprint density at radius 3 is 2.68 bits per heavy atom. The van der Waals surface area contributed by atoms with E-state index in [0.717, 1.165) is 12.2 Å². The summed E-state index contributed by atoms with van der Waals surface area (Å²) in [6.45, 7) is 5.40. The van der Waals surface area contributed by atoms with Crippen molar-refractivity contribution in [3.63, 3.8) is 0 Å². The number of nitrogens with zero attached hydrogens (tertiary/aromatic N) is 2. The second-order valence-corrected chi connectivity index (χ2v) is 5.84. The van der Waals surface area contributed by atoms with Crippen molar-refractivity contribution in [2.24, 2.45) is 16.8 Å². The van der Waals surface area contributed by atoms with Gasteiger partial charge in [-0.25, -0.2) is 0 Å². The minimum Gasteiger partial charge on any atom is -0.409 e. The highest BCUT2D eigenvalue weighted by atomic mass is 35.5. The summed E-state index contributed by atoms with van der Waals surface area (Å²) in [5.74, 6) is 0.663. The molecule has 0 spiro atoms. The average Bonchev–Trinajstić information content (AvgIpc) is 3.19. The van der Waals surface area contributed by atoms with Crippen molar-refractivity contribution in [3.05, 3.63) is 28.8 Å². The molecule has 0 unspecified atom stereocenters. The maximum absolute atomic E-state index is 8.68. The Hall–Kier alpha value is -1.42. The van der Waals surface area contributed by atoms with Crippen molar-refractivity contribution in [1.82, 2.24) is 0 Å². The number of benzene rings is 1. The smallest absolute Gasteiger partial charge is 0.170 e. The van der Waals surface area contributed by atoms with E-state index in [1.54, 1.807) is 6.07 Å². The SMILES string of the molecule is CC(C)CN(c1ccc(C(N)=NO)cc1Cl)C1CC1. The molecule has 0 aromatic heterocycles. The van der Waals surface area contributed by atoms with E-state index in [-0.39, 0.29) is 5.84 Å². The van der Waals surface area contributed by atoms with Crippen molar-refractivity contribution in [3.8, 4) is 0 Å². The van der Waals surface area contributed by atoms with Gasteiger partial charge in [0.15, 0.2) is 5.84 Å². The van der Waals surface area contributed by atoms with Gasteiger partial charge in [0.25, 0.3) is 0 Å². The zero-order valence-corrected chi connectivity index (χ0v) is 12.1. The van der Waals surface area contributed by atoms with Crippen molar-refractivity contribution < 1.29 is 5.21 Å². The zero-order chi connectivity index (χ0) is 14.0. The topological polar surface area (TPSA) is 61.8 Å². The van der Waals surface area contributed by atoms with Crippen molar-refractivity contribution >= 4 is 23.1 Å². The number of nitrogens with two attached hydrogens (primary N) is 1. The molecule has 1 saturated carbocycles. The third kappa shape index (κ3) is 3.32. The van der Waals surface area contributed by atoms with Crippen LogP contribution in [0.1, 0.15) is 32.3 Å². The van der Waals surface area contributed by atoms with Gasteiger partial charge < -0.3 is 15.8 Å². The van der Waals surface area contributed by atoms with E-state index in [9.17, 15) is 0 Å². The van der Waals surface area contributed by atoms with E-state index in [1.165, 1.54) is 12.8 Å². The Bertz CT molecular complexity index is 484. The van der Waals surface area contributed by atoms with E-state index in [0.29, 0.717) is 22.5 Å². The molecule has 1 aliphatic rings. The standard InChI is InChI=1S/C14H20ClN3O/c1-9(2)8-18(11-4-5-11)13-6-3-10(7-12(13)15)14(16)17-19/h3,6-7,9,11,19H,4-5,8H2,1-2H3,(H2,16,17). The monoisotopic (exact) mass is 281 g/mol. The number of halogens is 1. The number of amidine groups is 1. The largest absolute Gasteiger partial charge is 0.409 e. The van der Waals surface area contributed by atoms with Gasteiger partial charge in [0.2, 0.25) is 0 Å². The minimum atomic E-state index is 0.0790. The minimum absolute atomic E-state index is 0.0790. The molecule has 0 bridgehead atoms. The van der Waals surface area contributed by atoms with E-state index < -0.39 is 0 Å². The molecule has 5 heteroatoms. The molecule has 1 aromatic carbocycles. The highest BCUT2D eigenvalue weighted by molar-refractivity contribution is 6.33. The van der Waals surface area contributed by atoms with Gasteiger partial charge in [-0.3, -0.25) is 0 Å². The predicted octanol–water partition coefficient (Wildman–Crippen LogP) is 3.06. The summed E-state index contributed by atoms with van der Waals surface area (Å²) in [4.78, 5) is 2.36. The fraction of sp³-hybridized carbons (Fsp3) is 0.500. The fourth-order valence-electron chi connectivity index (χ4n) is 2.18. The summed E-state index contributed by atoms with van der Waals surface area (Å²) in [5, 5.41) is 12.3. The summed E-state index contributed by atoms with van der Waals surface area (Å²) in [5.41, 5.74) is 7.24. The molecule has 1 fully saturated rings. The first-order valence-electron chi connectivity index (χ1n) is 6.57. The quantitative estimate of drug-likeness (QED) is 0.377. The first-order valence-corrected chi connectivity index (χ1v) is 6.94. The van der Waals surface area contributed by atoms with Gasteiger partial charge in [0.1, 0.15) is 0 Å². The lowest BCUT2D eigenvalue weighted by atomic mass is 10.1. The van der Waals surface area contributed by atoms with Crippen molar-refractivity contribution in [2.45, 2.75) is 32.7 Å². The summed E-state index contributed by atoms with van der Waals surface area (Å²) in [6.07, 6.45) is 2.45. The maximum Gasteiger partial charge on any atom is 0.170 e. The van der Waals surface area contributed by atoms with Crippen LogP contribution >= 0.6 is 11.6 Å². The van der Waals surface area contributed by atoms with Gasteiger partial charge in [0, 0.05) is 18.2 Å². The highest BCUT2D eigenvalue weighted by Gasteiger charge is 2.30. The van der Waals surface area contributed by atoms with Crippen LogP contribution < -0.4 is 10.6 Å². The van der Waals surface area contributed by atoms with E-state index in [2.05, 4.69) is 23.9 Å². The van der Waals surface area contributed by atoms with Crippen LogP contribution in [0.25, 0.3) is 0 Å². The Morgan fingerprint density at radius 2 is 2.21 bits per heavy atom. The number of anilines is 1. The van der Waals surface area contributed by atoms with Gasteiger partial charge in [-0.15, -0.1) is 0 Å². The summed E-state index contributed by atoms with van der Waals surface area (Å²) < 4.78 is 0. The second kappa shape index (κ2) is 5.70. The molecule has 1 aromatic rings. The molecule has 0 heterocycles. The van der Waals surface area contributed by atoms with Crippen LogP contribution in [0, 0.1) is 5.92 Å². The van der Waals surface area contributed by atoms with Crippen molar-refractivity contribution in [1.29, 1.82) is 0 Å². The Labute approximate surface area is 118 Å².